The average Bonchev–Trinajstić information content (AvgIpc) is 2.29. The van der Waals surface area contributed by atoms with Crippen LogP contribution in [0.15, 0.2) is 24.3 Å². The lowest BCUT2D eigenvalue weighted by molar-refractivity contribution is 0.119. The van der Waals surface area contributed by atoms with Crippen LogP contribution < -0.4 is 5.73 Å². The van der Waals surface area contributed by atoms with Crippen molar-refractivity contribution in [2.75, 3.05) is 0 Å². The summed E-state index contributed by atoms with van der Waals surface area (Å²) in [5.41, 5.74) is 8.36. The molecule has 0 saturated heterocycles. The molecule has 1 aromatic carbocycles. The minimum Gasteiger partial charge on any atom is -0.393 e. The van der Waals surface area contributed by atoms with Gasteiger partial charge in [-0.1, -0.05) is 30.7 Å². The monoisotopic (exact) mass is 219 g/mol. The van der Waals surface area contributed by atoms with Crippen molar-refractivity contribution in [1.29, 1.82) is 0 Å². The van der Waals surface area contributed by atoms with Gasteiger partial charge in [0.1, 0.15) is 0 Å². The Morgan fingerprint density at radius 1 is 1.25 bits per heavy atom. The third-order valence-corrected chi connectivity index (χ3v) is 3.58. The van der Waals surface area contributed by atoms with E-state index in [1.165, 1.54) is 17.5 Å². The SMILES string of the molecule is CC(N)c1ccc(C2CCCC(O)C2)cc1. The molecule has 0 amide bonds. The molecule has 1 saturated carbocycles. The van der Waals surface area contributed by atoms with Crippen molar-refractivity contribution in [3.8, 4) is 0 Å². The quantitative estimate of drug-likeness (QED) is 0.803. The molecule has 3 unspecified atom stereocenters. The Hall–Kier alpha value is -0.860. The average molecular weight is 219 g/mol. The number of hydrogen-bond donors (Lipinski definition) is 2. The second-order valence-corrected chi connectivity index (χ2v) is 4.97. The molecule has 1 fully saturated rings. The van der Waals surface area contributed by atoms with Crippen molar-refractivity contribution in [3.05, 3.63) is 35.4 Å². The second-order valence-electron chi connectivity index (χ2n) is 4.97. The van der Waals surface area contributed by atoms with Crippen LogP contribution in [0.5, 0.6) is 0 Å². The summed E-state index contributed by atoms with van der Waals surface area (Å²) in [6.07, 6.45) is 4.12. The van der Waals surface area contributed by atoms with Crippen molar-refractivity contribution in [3.63, 3.8) is 0 Å². The van der Waals surface area contributed by atoms with E-state index in [1.807, 2.05) is 6.92 Å². The Morgan fingerprint density at radius 2 is 1.94 bits per heavy atom. The van der Waals surface area contributed by atoms with Gasteiger partial charge in [-0.3, -0.25) is 0 Å². The maximum absolute atomic E-state index is 9.66. The summed E-state index contributed by atoms with van der Waals surface area (Å²) in [5, 5.41) is 9.66. The first-order valence-electron chi connectivity index (χ1n) is 6.20. The summed E-state index contributed by atoms with van der Waals surface area (Å²) < 4.78 is 0. The van der Waals surface area contributed by atoms with Gasteiger partial charge in [-0.2, -0.15) is 0 Å². The van der Waals surface area contributed by atoms with Crippen LogP contribution in [0.2, 0.25) is 0 Å². The van der Waals surface area contributed by atoms with Gasteiger partial charge in [0.05, 0.1) is 6.10 Å². The standard InChI is InChI=1S/C14H21NO/c1-10(15)11-5-7-12(8-6-11)13-3-2-4-14(16)9-13/h5-8,10,13-14,16H,2-4,9,15H2,1H3. The van der Waals surface area contributed by atoms with Gasteiger partial charge in [0, 0.05) is 6.04 Å². The number of rotatable bonds is 2. The summed E-state index contributed by atoms with van der Waals surface area (Å²) in [7, 11) is 0. The van der Waals surface area contributed by atoms with Crippen molar-refractivity contribution in [2.45, 2.75) is 50.7 Å². The lowest BCUT2D eigenvalue weighted by Gasteiger charge is -2.26. The highest BCUT2D eigenvalue weighted by atomic mass is 16.3. The molecule has 16 heavy (non-hydrogen) atoms. The highest BCUT2D eigenvalue weighted by Gasteiger charge is 2.21. The van der Waals surface area contributed by atoms with Crippen molar-refractivity contribution in [1.82, 2.24) is 0 Å². The zero-order valence-electron chi connectivity index (χ0n) is 9.89. The number of nitrogens with two attached hydrogens (primary N) is 1. The number of aliphatic hydroxyl groups excluding tert-OH is 1. The zero-order chi connectivity index (χ0) is 11.5. The van der Waals surface area contributed by atoms with Gasteiger partial charge in [0.15, 0.2) is 0 Å². The van der Waals surface area contributed by atoms with Gasteiger partial charge in [0.25, 0.3) is 0 Å². The van der Waals surface area contributed by atoms with E-state index in [1.54, 1.807) is 0 Å². The lowest BCUT2D eigenvalue weighted by atomic mass is 9.82. The molecule has 0 radical (unpaired) electrons. The third-order valence-electron chi connectivity index (χ3n) is 3.58. The predicted octanol–water partition coefficient (Wildman–Crippen LogP) is 2.72. The molecule has 3 N–H and O–H groups in total. The van der Waals surface area contributed by atoms with Crippen molar-refractivity contribution in [2.24, 2.45) is 5.73 Å². The fraction of sp³-hybridized carbons (Fsp3) is 0.571. The van der Waals surface area contributed by atoms with Crippen molar-refractivity contribution >= 4 is 0 Å². The van der Waals surface area contributed by atoms with Crippen LogP contribution in [-0.2, 0) is 0 Å². The third kappa shape index (κ3) is 2.63. The first kappa shape index (κ1) is 11.6. The number of aliphatic hydroxyl groups is 1. The summed E-state index contributed by atoms with van der Waals surface area (Å²) in [4.78, 5) is 0. The minimum atomic E-state index is -0.105. The molecule has 2 rings (SSSR count). The molecule has 3 atom stereocenters. The van der Waals surface area contributed by atoms with E-state index in [0.717, 1.165) is 19.3 Å². The molecule has 1 aromatic rings. The summed E-state index contributed by atoms with van der Waals surface area (Å²) in [6.45, 7) is 2.00. The first-order chi connectivity index (χ1) is 7.66. The van der Waals surface area contributed by atoms with Crippen LogP contribution in [-0.4, -0.2) is 11.2 Å². The Labute approximate surface area is 97.5 Å². The van der Waals surface area contributed by atoms with E-state index >= 15 is 0 Å². The molecule has 1 aliphatic rings. The van der Waals surface area contributed by atoms with Gasteiger partial charge in [0.2, 0.25) is 0 Å². The highest BCUT2D eigenvalue weighted by molar-refractivity contribution is 5.27. The first-order valence-corrected chi connectivity index (χ1v) is 6.20. The van der Waals surface area contributed by atoms with Crippen LogP contribution in [0.25, 0.3) is 0 Å². The number of hydrogen-bond acceptors (Lipinski definition) is 2. The molecule has 0 spiro atoms. The molecule has 2 nitrogen and oxygen atoms in total. The van der Waals surface area contributed by atoms with Gasteiger partial charge >= 0.3 is 0 Å². The maximum Gasteiger partial charge on any atom is 0.0546 e. The molecule has 0 heterocycles. The summed E-state index contributed by atoms with van der Waals surface area (Å²) in [6, 6.07) is 8.66. The van der Waals surface area contributed by atoms with Gasteiger partial charge in [-0.15, -0.1) is 0 Å². The van der Waals surface area contributed by atoms with Gasteiger partial charge in [-0.25, -0.2) is 0 Å². The van der Waals surface area contributed by atoms with Crippen LogP contribution in [0.4, 0.5) is 0 Å². The van der Waals surface area contributed by atoms with E-state index in [9.17, 15) is 5.11 Å². The molecule has 0 aliphatic heterocycles. The van der Waals surface area contributed by atoms with E-state index in [-0.39, 0.29) is 12.1 Å². The molecule has 88 valence electrons. The van der Waals surface area contributed by atoms with Gasteiger partial charge < -0.3 is 10.8 Å². The zero-order valence-corrected chi connectivity index (χ0v) is 9.89. The van der Waals surface area contributed by atoms with Crippen LogP contribution in [0, 0.1) is 0 Å². The number of benzene rings is 1. The van der Waals surface area contributed by atoms with Gasteiger partial charge in [-0.05, 0) is 43.2 Å². The topological polar surface area (TPSA) is 46.2 Å². The predicted molar refractivity (Wildman–Crippen MR) is 66.3 cm³/mol. The van der Waals surface area contributed by atoms with E-state index in [0.29, 0.717) is 5.92 Å². The largest absolute Gasteiger partial charge is 0.393 e. The highest BCUT2D eigenvalue weighted by Crippen LogP contribution is 2.33. The molecular formula is C14H21NO. The fourth-order valence-electron chi connectivity index (χ4n) is 2.54. The fourth-order valence-corrected chi connectivity index (χ4v) is 2.54. The molecular weight excluding hydrogens is 198 g/mol. The molecule has 1 aliphatic carbocycles. The molecule has 0 aromatic heterocycles. The Bertz CT molecular complexity index is 331. The second kappa shape index (κ2) is 4.98. The lowest BCUT2D eigenvalue weighted by Crippen LogP contribution is -2.18. The normalized spacial score (nSPS) is 27.7. The van der Waals surface area contributed by atoms with Crippen LogP contribution in [0.3, 0.4) is 0 Å². The summed E-state index contributed by atoms with van der Waals surface area (Å²) in [5.74, 6) is 0.533. The van der Waals surface area contributed by atoms with Crippen LogP contribution in [0.1, 0.15) is 55.7 Å². The molecule has 2 heteroatoms. The van der Waals surface area contributed by atoms with Crippen molar-refractivity contribution < 1.29 is 5.11 Å². The van der Waals surface area contributed by atoms with E-state index in [2.05, 4.69) is 24.3 Å². The van der Waals surface area contributed by atoms with Crippen LogP contribution >= 0.6 is 0 Å². The van der Waals surface area contributed by atoms with E-state index < -0.39 is 0 Å². The minimum absolute atomic E-state index is 0.103. The van der Waals surface area contributed by atoms with E-state index in [4.69, 9.17) is 5.73 Å². The Morgan fingerprint density at radius 3 is 2.50 bits per heavy atom. The maximum atomic E-state index is 9.66. The summed E-state index contributed by atoms with van der Waals surface area (Å²) >= 11 is 0. The Balaban J connectivity index is 2.09. The Kier molecular flexibility index (Phi) is 3.62. The molecule has 0 bridgehead atoms. The smallest absolute Gasteiger partial charge is 0.0546 e.